The predicted octanol–water partition coefficient (Wildman–Crippen LogP) is 2.55. The number of nitrogens with zero attached hydrogens (tertiary/aromatic N) is 2. The van der Waals surface area contributed by atoms with Crippen molar-refractivity contribution in [1.82, 2.24) is 10.1 Å². The Morgan fingerprint density at radius 3 is 3.12 bits per heavy atom. The summed E-state index contributed by atoms with van der Waals surface area (Å²) in [6, 6.07) is 0. The molecule has 0 aromatic carbocycles. The Labute approximate surface area is 99.2 Å². The molecule has 0 aliphatic heterocycles. The van der Waals surface area contributed by atoms with Gasteiger partial charge in [0.2, 0.25) is 5.89 Å². The Morgan fingerprint density at radius 2 is 2.38 bits per heavy atom. The summed E-state index contributed by atoms with van der Waals surface area (Å²) in [4.78, 5) is 16.0. The average molecular weight is 240 g/mol. The van der Waals surface area contributed by atoms with Crippen molar-refractivity contribution in [3.8, 4) is 0 Å². The first-order valence-corrected chi connectivity index (χ1v) is 6.89. The number of rotatable bonds is 4. The van der Waals surface area contributed by atoms with E-state index in [9.17, 15) is 4.79 Å². The van der Waals surface area contributed by atoms with Gasteiger partial charge < -0.3 is 4.52 Å². The van der Waals surface area contributed by atoms with Crippen molar-refractivity contribution in [2.45, 2.75) is 44.3 Å². The van der Waals surface area contributed by atoms with Crippen molar-refractivity contribution in [1.29, 1.82) is 0 Å². The number of hydrogen-bond donors (Lipinski definition) is 0. The zero-order valence-electron chi connectivity index (χ0n) is 9.44. The summed E-state index contributed by atoms with van der Waals surface area (Å²) in [7, 11) is 0. The van der Waals surface area contributed by atoms with Crippen LogP contribution in [0, 0.1) is 0 Å². The molecule has 16 heavy (non-hydrogen) atoms. The minimum absolute atomic E-state index is 0.137. The van der Waals surface area contributed by atoms with E-state index in [-0.39, 0.29) is 11.7 Å². The van der Waals surface area contributed by atoms with Gasteiger partial charge in [0, 0.05) is 6.42 Å². The van der Waals surface area contributed by atoms with E-state index in [2.05, 4.69) is 17.1 Å². The molecule has 1 aromatic heterocycles. The largest absolute Gasteiger partial charge is 0.339 e. The third-order valence-corrected chi connectivity index (χ3v) is 3.64. The second kappa shape index (κ2) is 5.48. The lowest BCUT2D eigenvalue weighted by Gasteiger charge is -2.16. The van der Waals surface area contributed by atoms with Crippen LogP contribution in [0.5, 0.6) is 0 Å². The van der Waals surface area contributed by atoms with Gasteiger partial charge in [-0.15, -0.1) is 0 Å². The van der Waals surface area contributed by atoms with E-state index in [1.165, 1.54) is 0 Å². The number of Topliss-reactive ketones (excluding diaryl/α,β-unsaturated/α-hetero) is 1. The van der Waals surface area contributed by atoms with E-state index < -0.39 is 0 Å². The molecule has 1 unspecified atom stereocenters. The molecule has 88 valence electrons. The summed E-state index contributed by atoms with van der Waals surface area (Å²) in [6.45, 7) is 2.09. The molecule has 0 spiro atoms. The Kier molecular flexibility index (Phi) is 3.98. The fourth-order valence-electron chi connectivity index (χ4n) is 1.91. The molecule has 1 atom stereocenters. The van der Waals surface area contributed by atoms with Crippen molar-refractivity contribution in [2.24, 2.45) is 0 Å². The van der Waals surface area contributed by atoms with E-state index in [0.717, 1.165) is 30.8 Å². The van der Waals surface area contributed by atoms with E-state index in [1.807, 2.05) is 0 Å². The molecule has 1 saturated carbocycles. The fraction of sp³-hybridized carbons (Fsp3) is 0.727. The van der Waals surface area contributed by atoms with Crippen LogP contribution in [0.4, 0.5) is 0 Å². The predicted molar refractivity (Wildman–Crippen MR) is 62.4 cm³/mol. The zero-order valence-corrected chi connectivity index (χ0v) is 10.3. The molecule has 1 aliphatic carbocycles. The number of carbonyl (C=O) groups excluding carboxylic acids is 1. The number of thioether (sulfide) groups is 1. The smallest absolute Gasteiger partial charge is 0.237 e. The highest BCUT2D eigenvalue weighted by molar-refractivity contribution is 7.98. The molecule has 1 heterocycles. The summed E-state index contributed by atoms with van der Waals surface area (Å²) in [5, 5.41) is 3.90. The molecule has 4 nitrogen and oxygen atoms in total. The SMILES string of the molecule is CCSCc1noc(C2CCCCC2=O)n1. The Hall–Kier alpha value is -0.840. The van der Waals surface area contributed by atoms with Crippen LogP contribution in [0.3, 0.4) is 0 Å². The first-order valence-electron chi connectivity index (χ1n) is 5.74. The molecule has 0 radical (unpaired) electrons. The summed E-state index contributed by atoms with van der Waals surface area (Å²) in [6.07, 6.45) is 3.60. The maximum atomic E-state index is 11.7. The third-order valence-electron chi connectivity index (χ3n) is 2.77. The summed E-state index contributed by atoms with van der Waals surface area (Å²) < 4.78 is 5.18. The van der Waals surface area contributed by atoms with Gasteiger partial charge in [-0.2, -0.15) is 16.7 Å². The van der Waals surface area contributed by atoms with Crippen molar-refractivity contribution >= 4 is 17.5 Å². The van der Waals surface area contributed by atoms with Gasteiger partial charge >= 0.3 is 0 Å². The first-order chi connectivity index (χ1) is 7.81. The molecule has 5 heteroatoms. The van der Waals surface area contributed by atoms with Gasteiger partial charge in [0.1, 0.15) is 5.78 Å². The lowest BCUT2D eigenvalue weighted by atomic mass is 9.88. The Morgan fingerprint density at radius 1 is 1.50 bits per heavy atom. The van der Waals surface area contributed by atoms with E-state index in [0.29, 0.717) is 18.1 Å². The monoisotopic (exact) mass is 240 g/mol. The summed E-state index contributed by atoms with van der Waals surface area (Å²) in [5.41, 5.74) is 0. The van der Waals surface area contributed by atoms with Crippen LogP contribution in [0.2, 0.25) is 0 Å². The highest BCUT2D eigenvalue weighted by Crippen LogP contribution is 2.29. The average Bonchev–Trinajstić information content (AvgIpc) is 2.75. The molecule has 1 fully saturated rings. The van der Waals surface area contributed by atoms with E-state index >= 15 is 0 Å². The van der Waals surface area contributed by atoms with Crippen LogP contribution in [0.1, 0.15) is 50.2 Å². The van der Waals surface area contributed by atoms with Crippen molar-refractivity contribution in [3.63, 3.8) is 0 Å². The van der Waals surface area contributed by atoms with E-state index in [4.69, 9.17) is 4.52 Å². The Balaban J connectivity index is 2.02. The van der Waals surface area contributed by atoms with Crippen molar-refractivity contribution in [2.75, 3.05) is 5.75 Å². The topological polar surface area (TPSA) is 56.0 Å². The highest BCUT2D eigenvalue weighted by Gasteiger charge is 2.28. The molecule has 1 aromatic rings. The molecule has 0 amide bonds. The van der Waals surface area contributed by atoms with Crippen LogP contribution < -0.4 is 0 Å². The van der Waals surface area contributed by atoms with Gasteiger partial charge in [-0.3, -0.25) is 4.79 Å². The van der Waals surface area contributed by atoms with Crippen LogP contribution in [0.25, 0.3) is 0 Å². The second-order valence-electron chi connectivity index (χ2n) is 3.95. The number of aromatic nitrogens is 2. The minimum atomic E-state index is -0.137. The number of ketones is 1. The van der Waals surface area contributed by atoms with Gasteiger partial charge in [0.05, 0.1) is 11.7 Å². The minimum Gasteiger partial charge on any atom is -0.339 e. The molecule has 0 saturated heterocycles. The molecule has 0 N–H and O–H groups in total. The summed E-state index contributed by atoms with van der Waals surface area (Å²) >= 11 is 1.75. The van der Waals surface area contributed by atoms with Crippen LogP contribution in [-0.2, 0) is 10.5 Å². The second-order valence-corrected chi connectivity index (χ2v) is 5.22. The third kappa shape index (κ3) is 2.64. The normalized spacial score (nSPS) is 21.3. The van der Waals surface area contributed by atoms with E-state index in [1.54, 1.807) is 11.8 Å². The molecule has 0 bridgehead atoms. The quantitative estimate of drug-likeness (QED) is 0.809. The molecule has 2 rings (SSSR count). The van der Waals surface area contributed by atoms with Crippen LogP contribution in [0.15, 0.2) is 4.52 Å². The maximum absolute atomic E-state index is 11.7. The standard InChI is InChI=1S/C11H16N2O2S/c1-2-16-7-10-12-11(15-13-10)8-5-3-4-6-9(8)14/h8H,2-7H2,1H3. The maximum Gasteiger partial charge on any atom is 0.237 e. The van der Waals surface area contributed by atoms with Crippen LogP contribution >= 0.6 is 11.8 Å². The lowest BCUT2D eigenvalue weighted by Crippen LogP contribution is -2.17. The van der Waals surface area contributed by atoms with Gasteiger partial charge in [-0.1, -0.05) is 18.5 Å². The van der Waals surface area contributed by atoms with Crippen molar-refractivity contribution < 1.29 is 9.32 Å². The first kappa shape index (κ1) is 11.6. The van der Waals surface area contributed by atoms with Gasteiger partial charge in [-0.05, 0) is 18.6 Å². The van der Waals surface area contributed by atoms with Gasteiger partial charge in [0.25, 0.3) is 0 Å². The molecular formula is C11H16N2O2S. The summed E-state index contributed by atoms with van der Waals surface area (Å²) in [5.74, 6) is 3.15. The molecule has 1 aliphatic rings. The zero-order chi connectivity index (χ0) is 11.4. The van der Waals surface area contributed by atoms with Gasteiger partial charge in [0.15, 0.2) is 5.82 Å². The van der Waals surface area contributed by atoms with Gasteiger partial charge in [-0.25, -0.2) is 0 Å². The Bertz CT molecular complexity index is 365. The number of hydrogen-bond acceptors (Lipinski definition) is 5. The van der Waals surface area contributed by atoms with Crippen molar-refractivity contribution in [3.05, 3.63) is 11.7 Å². The fourth-order valence-corrected chi connectivity index (χ4v) is 2.41. The highest BCUT2D eigenvalue weighted by atomic mass is 32.2. The molecular weight excluding hydrogens is 224 g/mol. The number of carbonyl (C=O) groups is 1. The van der Waals surface area contributed by atoms with Crippen LogP contribution in [-0.4, -0.2) is 21.7 Å². The lowest BCUT2D eigenvalue weighted by molar-refractivity contribution is -0.122.